The number of hydrogen-bond acceptors (Lipinski definition) is 2. The summed E-state index contributed by atoms with van der Waals surface area (Å²) in [6.45, 7) is 4.17. The fourth-order valence-electron chi connectivity index (χ4n) is 4.02. The molecule has 0 amide bonds. The zero-order chi connectivity index (χ0) is 22.8. The molecule has 2 atom stereocenters. The molecule has 5 heteroatoms. The second-order valence-electron chi connectivity index (χ2n) is 7.95. The van der Waals surface area contributed by atoms with Crippen LogP contribution in [0.25, 0.3) is 21.9 Å². The molecule has 4 aromatic carbocycles. The van der Waals surface area contributed by atoms with Crippen molar-refractivity contribution in [3.63, 3.8) is 0 Å². The standard InChI is InChI=1S/C27H23ClFNO2/c1-16(18-7-5-8-22(28)13-18)30-17(2)21-12-19-6-3-4-9-23(19)24(15-21)20-10-11-26(29)25(14-20)27(31)32/h3-17,30H,1-2H3,(H,31,32)/t16-,17?/m1/s1. The lowest BCUT2D eigenvalue weighted by Crippen LogP contribution is -2.22. The minimum absolute atomic E-state index is 0.00623. The van der Waals surface area contributed by atoms with Gasteiger partial charge in [0.05, 0.1) is 5.56 Å². The number of nitrogens with one attached hydrogen (secondary N) is 1. The molecule has 0 fully saturated rings. The third-order valence-corrected chi connectivity index (χ3v) is 5.98. The molecule has 0 aliphatic heterocycles. The van der Waals surface area contributed by atoms with E-state index in [9.17, 15) is 14.3 Å². The molecule has 0 aliphatic carbocycles. The number of rotatable bonds is 6. The van der Waals surface area contributed by atoms with Gasteiger partial charge in [0.15, 0.2) is 0 Å². The Labute approximate surface area is 191 Å². The van der Waals surface area contributed by atoms with Crippen LogP contribution in [0.3, 0.4) is 0 Å². The van der Waals surface area contributed by atoms with Crippen LogP contribution in [0.5, 0.6) is 0 Å². The van der Waals surface area contributed by atoms with Crippen LogP contribution in [0.15, 0.2) is 78.9 Å². The lowest BCUT2D eigenvalue weighted by Gasteiger charge is -2.22. The van der Waals surface area contributed by atoms with Crippen molar-refractivity contribution in [3.8, 4) is 11.1 Å². The highest BCUT2D eigenvalue weighted by molar-refractivity contribution is 6.30. The summed E-state index contributed by atoms with van der Waals surface area (Å²) >= 11 is 6.15. The molecule has 0 saturated heterocycles. The lowest BCUT2D eigenvalue weighted by molar-refractivity contribution is 0.0692. The van der Waals surface area contributed by atoms with Gasteiger partial charge in [-0.2, -0.15) is 0 Å². The summed E-state index contributed by atoms with van der Waals surface area (Å²) in [6.07, 6.45) is 0. The van der Waals surface area contributed by atoms with E-state index in [-0.39, 0.29) is 17.6 Å². The van der Waals surface area contributed by atoms with E-state index in [1.54, 1.807) is 6.07 Å². The third kappa shape index (κ3) is 4.52. The molecule has 4 rings (SSSR count). The number of carbonyl (C=O) groups is 1. The van der Waals surface area contributed by atoms with Gasteiger partial charge in [-0.1, -0.05) is 54.1 Å². The number of benzene rings is 4. The van der Waals surface area contributed by atoms with Crippen LogP contribution in [0.2, 0.25) is 5.02 Å². The summed E-state index contributed by atoms with van der Waals surface area (Å²) in [5, 5.41) is 15.7. The molecule has 2 N–H and O–H groups in total. The molecule has 0 heterocycles. The number of hydrogen-bond donors (Lipinski definition) is 2. The fourth-order valence-corrected chi connectivity index (χ4v) is 4.22. The molecule has 3 nitrogen and oxygen atoms in total. The van der Waals surface area contributed by atoms with Crippen molar-refractivity contribution < 1.29 is 14.3 Å². The summed E-state index contributed by atoms with van der Waals surface area (Å²) in [6, 6.07) is 24.2. The lowest BCUT2D eigenvalue weighted by atomic mass is 9.92. The first-order valence-electron chi connectivity index (χ1n) is 10.4. The molecular weight excluding hydrogens is 425 g/mol. The average Bonchev–Trinajstić information content (AvgIpc) is 2.78. The molecule has 32 heavy (non-hydrogen) atoms. The van der Waals surface area contributed by atoms with E-state index < -0.39 is 11.8 Å². The van der Waals surface area contributed by atoms with Gasteiger partial charge in [0, 0.05) is 17.1 Å². The highest BCUT2D eigenvalue weighted by atomic mass is 35.5. The number of halogens is 2. The predicted molar refractivity (Wildman–Crippen MR) is 128 cm³/mol. The molecule has 0 radical (unpaired) electrons. The minimum atomic E-state index is -1.28. The van der Waals surface area contributed by atoms with Crippen LogP contribution in [-0.2, 0) is 0 Å². The van der Waals surface area contributed by atoms with Crippen molar-refractivity contribution in [2.75, 3.05) is 0 Å². The maximum absolute atomic E-state index is 14.0. The van der Waals surface area contributed by atoms with E-state index in [0.29, 0.717) is 10.6 Å². The largest absolute Gasteiger partial charge is 0.478 e. The van der Waals surface area contributed by atoms with Gasteiger partial charge in [0.25, 0.3) is 0 Å². The normalized spacial score (nSPS) is 13.1. The number of fused-ring (bicyclic) bond motifs is 1. The first-order chi connectivity index (χ1) is 15.3. The molecule has 0 bridgehead atoms. The topological polar surface area (TPSA) is 49.3 Å². The first kappa shape index (κ1) is 22.0. The Kier molecular flexibility index (Phi) is 6.26. The summed E-state index contributed by atoms with van der Waals surface area (Å²) in [5.41, 5.74) is 3.34. The van der Waals surface area contributed by atoms with Crippen molar-refractivity contribution in [1.29, 1.82) is 0 Å². The zero-order valence-electron chi connectivity index (χ0n) is 17.8. The van der Waals surface area contributed by atoms with Gasteiger partial charge < -0.3 is 10.4 Å². The van der Waals surface area contributed by atoms with Crippen LogP contribution >= 0.6 is 11.6 Å². The van der Waals surface area contributed by atoms with Crippen LogP contribution < -0.4 is 5.32 Å². The van der Waals surface area contributed by atoms with Gasteiger partial charge in [0.1, 0.15) is 5.82 Å². The zero-order valence-corrected chi connectivity index (χ0v) is 18.5. The smallest absolute Gasteiger partial charge is 0.338 e. The summed E-state index contributed by atoms with van der Waals surface area (Å²) < 4.78 is 14.0. The fraction of sp³-hybridized carbons (Fsp3) is 0.148. The van der Waals surface area contributed by atoms with Gasteiger partial charge >= 0.3 is 5.97 Å². The number of carboxylic acids is 1. The Morgan fingerprint density at radius 2 is 1.66 bits per heavy atom. The average molecular weight is 448 g/mol. The third-order valence-electron chi connectivity index (χ3n) is 5.74. The molecule has 0 spiro atoms. The molecule has 162 valence electrons. The summed E-state index contributed by atoms with van der Waals surface area (Å²) in [4.78, 5) is 11.5. The number of carboxylic acid groups (broad SMARTS) is 1. The van der Waals surface area contributed by atoms with Crippen LogP contribution in [-0.4, -0.2) is 11.1 Å². The second-order valence-corrected chi connectivity index (χ2v) is 8.39. The Morgan fingerprint density at radius 3 is 2.41 bits per heavy atom. The summed E-state index contributed by atoms with van der Waals surface area (Å²) in [5.74, 6) is -2.03. The van der Waals surface area contributed by atoms with Gasteiger partial charge in [-0.25, -0.2) is 9.18 Å². The highest BCUT2D eigenvalue weighted by Gasteiger charge is 2.17. The van der Waals surface area contributed by atoms with Gasteiger partial charge in [0.2, 0.25) is 0 Å². The van der Waals surface area contributed by atoms with E-state index in [2.05, 4.69) is 25.2 Å². The maximum atomic E-state index is 14.0. The Morgan fingerprint density at radius 1 is 0.906 bits per heavy atom. The highest BCUT2D eigenvalue weighted by Crippen LogP contribution is 2.34. The van der Waals surface area contributed by atoms with E-state index in [0.717, 1.165) is 27.5 Å². The van der Waals surface area contributed by atoms with E-state index >= 15 is 0 Å². The van der Waals surface area contributed by atoms with Crippen LogP contribution in [0.4, 0.5) is 4.39 Å². The molecule has 0 aromatic heterocycles. The Hall–Kier alpha value is -3.21. The monoisotopic (exact) mass is 447 g/mol. The Balaban J connectivity index is 1.75. The van der Waals surface area contributed by atoms with Crippen molar-refractivity contribution in [3.05, 3.63) is 106 Å². The summed E-state index contributed by atoms with van der Waals surface area (Å²) in [7, 11) is 0. The predicted octanol–water partition coefficient (Wildman–Crippen LogP) is 7.41. The molecular formula is C27H23ClFNO2. The quantitative estimate of drug-likeness (QED) is 0.323. The van der Waals surface area contributed by atoms with E-state index in [1.165, 1.54) is 12.1 Å². The van der Waals surface area contributed by atoms with E-state index in [4.69, 9.17) is 11.6 Å². The maximum Gasteiger partial charge on any atom is 0.338 e. The second kappa shape index (κ2) is 9.11. The van der Waals surface area contributed by atoms with Gasteiger partial charge in [-0.05, 0) is 83.3 Å². The Bertz CT molecular complexity index is 1300. The van der Waals surface area contributed by atoms with Gasteiger partial charge in [-0.3, -0.25) is 0 Å². The van der Waals surface area contributed by atoms with Crippen molar-refractivity contribution in [2.24, 2.45) is 0 Å². The molecule has 1 unspecified atom stereocenters. The molecule has 4 aromatic rings. The van der Waals surface area contributed by atoms with Gasteiger partial charge in [-0.15, -0.1) is 0 Å². The SMILES string of the molecule is CC(N[C@H](C)c1cccc(Cl)c1)c1cc(-c2ccc(F)c(C(=O)O)c2)c2ccccc2c1. The minimum Gasteiger partial charge on any atom is -0.478 e. The van der Waals surface area contributed by atoms with Crippen LogP contribution in [0.1, 0.15) is 47.4 Å². The molecule has 0 aliphatic rings. The van der Waals surface area contributed by atoms with Crippen molar-refractivity contribution >= 4 is 28.3 Å². The van der Waals surface area contributed by atoms with E-state index in [1.807, 2.05) is 54.6 Å². The van der Waals surface area contributed by atoms with Crippen molar-refractivity contribution in [2.45, 2.75) is 25.9 Å². The van der Waals surface area contributed by atoms with Crippen LogP contribution in [0, 0.1) is 5.82 Å². The molecule has 0 saturated carbocycles. The van der Waals surface area contributed by atoms with Crippen molar-refractivity contribution in [1.82, 2.24) is 5.32 Å². The first-order valence-corrected chi connectivity index (χ1v) is 10.8. The number of aromatic carboxylic acids is 1.